The summed E-state index contributed by atoms with van der Waals surface area (Å²) < 4.78 is 4.85. The van der Waals surface area contributed by atoms with Gasteiger partial charge in [-0.15, -0.1) is 24.9 Å². The van der Waals surface area contributed by atoms with Crippen LogP contribution < -0.4 is 9.64 Å². The average Bonchev–Trinajstić information content (AvgIpc) is 3.53. The van der Waals surface area contributed by atoms with Crippen molar-refractivity contribution < 1.29 is 24.2 Å². The van der Waals surface area contributed by atoms with Crippen molar-refractivity contribution in [3.8, 4) is 5.75 Å². The smallest absolute Gasteiger partial charge is 0.247 e. The van der Waals surface area contributed by atoms with Gasteiger partial charge in [-0.2, -0.15) is 0 Å². The lowest BCUT2D eigenvalue weighted by Crippen LogP contribution is -2.57. The summed E-state index contributed by atoms with van der Waals surface area (Å²) in [5.41, 5.74) is 0.713. The fourth-order valence-electron chi connectivity index (χ4n) is 6.92. The van der Waals surface area contributed by atoms with Gasteiger partial charge in [-0.25, -0.2) is 0 Å². The number of aliphatic hydroxyl groups is 1. The Morgan fingerprint density at radius 2 is 1.88 bits per heavy atom. The summed E-state index contributed by atoms with van der Waals surface area (Å²) in [6, 6.07) is 6.66. The summed E-state index contributed by atoms with van der Waals surface area (Å²) >= 11 is 1.65. The van der Waals surface area contributed by atoms with Gasteiger partial charge in [0.1, 0.15) is 11.8 Å². The Balaban J connectivity index is 1.72. The Morgan fingerprint density at radius 3 is 2.48 bits per heavy atom. The third-order valence-corrected chi connectivity index (χ3v) is 10.7. The number of aliphatic hydroxyl groups excluding tert-OH is 1. The third kappa shape index (κ3) is 5.07. The van der Waals surface area contributed by atoms with Gasteiger partial charge in [-0.3, -0.25) is 14.4 Å². The number of fused-ring (bicyclic) bond motifs is 1. The number of ether oxygens (including phenoxy) is 1. The van der Waals surface area contributed by atoms with Crippen LogP contribution in [0, 0.1) is 17.8 Å². The Morgan fingerprint density at radius 1 is 1.18 bits per heavy atom. The zero-order valence-electron chi connectivity index (χ0n) is 24.0. The lowest BCUT2D eigenvalue weighted by Gasteiger charge is -2.41. The molecule has 3 fully saturated rings. The highest BCUT2D eigenvalue weighted by Crippen LogP contribution is 2.69. The van der Waals surface area contributed by atoms with Crippen LogP contribution in [0.3, 0.4) is 0 Å². The minimum absolute atomic E-state index is 0.0632. The SMILES string of the molecule is C=CCN(CCCC)C(=O)C1N(CCO)C(=O)[C@@H]2[C@H](C(=O)N(CC=C)c3ccc(OCC)cc3)[C@@H]3CC(C)C12S3. The van der Waals surface area contributed by atoms with E-state index in [1.54, 1.807) is 38.6 Å². The number of β-amino-alcohol motifs (C(OH)–C–C–N with tert-alkyl or cyclic N) is 1. The predicted octanol–water partition coefficient (Wildman–Crippen LogP) is 3.75. The van der Waals surface area contributed by atoms with Crippen LogP contribution in [0.25, 0.3) is 0 Å². The molecule has 3 aliphatic rings. The summed E-state index contributed by atoms with van der Waals surface area (Å²) in [5.74, 6) is -0.854. The summed E-state index contributed by atoms with van der Waals surface area (Å²) in [6.45, 7) is 15.5. The van der Waals surface area contributed by atoms with Crippen molar-refractivity contribution in [1.82, 2.24) is 9.80 Å². The van der Waals surface area contributed by atoms with E-state index in [2.05, 4.69) is 27.0 Å². The fourth-order valence-corrected chi connectivity index (χ4v) is 9.33. The van der Waals surface area contributed by atoms with E-state index in [1.165, 1.54) is 0 Å². The van der Waals surface area contributed by atoms with Gasteiger partial charge < -0.3 is 24.5 Å². The standard InChI is InChI=1S/C31H43N3O5S/c1-6-10-17-32(15-7-2)30(38)27-31-21(5)20-24(40-31)25(26(31)29(37)34(27)18-19-35)28(36)33(16-8-3)22-11-13-23(14-12-22)39-9-4/h7-8,11-14,21,24-27,35H,2-3,6,9-10,15-20H2,1,4-5H3/t21?,24-,25+,26-,27?,31?/m0/s1. The maximum Gasteiger partial charge on any atom is 0.247 e. The van der Waals surface area contributed by atoms with Crippen molar-refractivity contribution >= 4 is 35.2 Å². The van der Waals surface area contributed by atoms with E-state index in [0.717, 1.165) is 25.0 Å². The number of thioether (sulfide) groups is 1. The second-order valence-electron chi connectivity index (χ2n) is 10.9. The molecule has 9 heteroatoms. The average molecular weight is 570 g/mol. The van der Waals surface area contributed by atoms with Gasteiger partial charge in [0, 0.05) is 37.1 Å². The Kier molecular flexibility index (Phi) is 9.67. The largest absolute Gasteiger partial charge is 0.494 e. The Labute approximate surface area is 242 Å². The summed E-state index contributed by atoms with van der Waals surface area (Å²) in [5, 5.41) is 9.86. The quantitative estimate of drug-likeness (QED) is 0.343. The van der Waals surface area contributed by atoms with Crippen LogP contribution in [0.2, 0.25) is 0 Å². The molecule has 3 amide bonds. The number of rotatable bonds is 14. The molecule has 1 aromatic rings. The van der Waals surface area contributed by atoms with Gasteiger partial charge in [0.2, 0.25) is 17.7 Å². The highest BCUT2D eigenvalue weighted by atomic mass is 32.2. The van der Waals surface area contributed by atoms with E-state index in [4.69, 9.17) is 4.74 Å². The number of unbranched alkanes of at least 4 members (excludes halogenated alkanes) is 1. The number of carbonyl (C=O) groups is 3. The number of nitrogens with zero attached hydrogens (tertiary/aromatic N) is 3. The normalized spacial score (nSPS) is 28.4. The molecule has 0 aliphatic carbocycles. The second-order valence-corrected chi connectivity index (χ2v) is 12.4. The number of anilines is 1. The van der Waals surface area contributed by atoms with Crippen molar-refractivity contribution in [2.75, 3.05) is 44.3 Å². The van der Waals surface area contributed by atoms with Crippen LogP contribution >= 0.6 is 11.8 Å². The zero-order valence-corrected chi connectivity index (χ0v) is 24.8. The monoisotopic (exact) mass is 569 g/mol. The van der Waals surface area contributed by atoms with Crippen LogP contribution in [-0.2, 0) is 14.4 Å². The van der Waals surface area contributed by atoms with Crippen LogP contribution in [0.1, 0.15) is 40.0 Å². The van der Waals surface area contributed by atoms with Crippen LogP contribution in [-0.4, -0.2) is 88.1 Å². The van der Waals surface area contributed by atoms with Crippen molar-refractivity contribution in [1.29, 1.82) is 0 Å². The molecule has 218 valence electrons. The van der Waals surface area contributed by atoms with Crippen molar-refractivity contribution in [2.24, 2.45) is 17.8 Å². The lowest BCUT2D eigenvalue weighted by atomic mass is 9.65. The van der Waals surface area contributed by atoms with Crippen molar-refractivity contribution in [3.05, 3.63) is 49.6 Å². The van der Waals surface area contributed by atoms with Gasteiger partial charge in [-0.05, 0) is 49.9 Å². The molecular formula is C31H43N3O5S. The topological polar surface area (TPSA) is 90.4 Å². The van der Waals surface area contributed by atoms with Gasteiger partial charge in [0.05, 0.1) is 29.8 Å². The lowest BCUT2D eigenvalue weighted by molar-refractivity contribution is -0.143. The summed E-state index contributed by atoms with van der Waals surface area (Å²) in [7, 11) is 0. The fraction of sp³-hybridized carbons (Fsp3) is 0.581. The maximum absolute atomic E-state index is 14.4. The Bertz CT molecular complexity index is 1110. The summed E-state index contributed by atoms with van der Waals surface area (Å²) in [4.78, 5) is 47.8. The molecule has 8 nitrogen and oxygen atoms in total. The van der Waals surface area contributed by atoms with E-state index in [9.17, 15) is 19.5 Å². The molecule has 1 aromatic carbocycles. The molecule has 1 N–H and O–H groups in total. The van der Waals surface area contributed by atoms with Gasteiger partial charge in [-0.1, -0.05) is 32.4 Å². The third-order valence-electron chi connectivity index (χ3n) is 8.59. The molecule has 3 aliphatic heterocycles. The molecule has 0 saturated carbocycles. The van der Waals surface area contributed by atoms with Crippen LogP contribution in [0.4, 0.5) is 5.69 Å². The molecule has 0 aromatic heterocycles. The minimum atomic E-state index is -0.727. The van der Waals surface area contributed by atoms with E-state index in [1.807, 2.05) is 31.2 Å². The molecule has 6 atom stereocenters. The molecular weight excluding hydrogens is 526 g/mol. The van der Waals surface area contributed by atoms with Crippen LogP contribution in [0.15, 0.2) is 49.6 Å². The first-order valence-corrected chi connectivity index (χ1v) is 15.3. The molecule has 0 radical (unpaired) electrons. The number of hydrogen-bond donors (Lipinski definition) is 1. The van der Waals surface area contributed by atoms with Gasteiger partial charge in [0.15, 0.2) is 0 Å². The number of benzene rings is 1. The van der Waals surface area contributed by atoms with E-state index < -0.39 is 22.6 Å². The van der Waals surface area contributed by atoms with Crippen LogP contribution in [0.5, 0.6) is 5.75 Å². The zero-order chi connectivity index (χ0) is 29.0. The maximum atomic E-state index is 14.4. The van der Waals surface area contributed by atoms with Gasteiger partial charge in [0.25, 0.3) is 0 Å². The summed E-state index contributed by atoms with van der Waals surface area (Å²) in [6.07, 6.45) is 5.95. The molecule has 3 unspecified atom stereocenters. The minimum Gasteiger partial charge on any atom is -0.494 e. The number of likely N-dealkylation sites (tertiary alicyclic amines) is 1. The Hall–Kier alpha value is -2.78. The van der Waals surface area contributed by atoms with Crippen molar-refractivity contribution in [3.63, 3.8) is 0 Å². The first kappa shape index (κ1) is 30.2. The van der Waals surface area contributed by atoms with E-state index in [0.29, 0.717) is 31.9 Å². The highest BCUT2D eigenvalue weighted by molar-refractivity contribution is 8.02. The number of hydrogen-bond acceptors (Lipinski definition) is 6. The van der Waals surface area contributed by atoms with Gasteiger partial charge >= 0.3 is 0 Å². The molecule has 1 spiro atoms. The first-order chi connectivity index (χ1) is 19.3. The first-order valence-electron chi connectivity index (χ1n) is 14.4. The molecule has 2 bridgehead atoms. The molecule has 40 heavy (non-hydrogen) atoms. The van der Waals surface area contributed by atoms with E-state index >= 15 is 0 Å². The predicted molar refractivity (Wildman–Crippen MR) is 159 cm³/mol. The van der Waals surface area contributed by atoms with E-state index in [-0.39, 0.29) is 42.0 Å². The number of carbonyl (C=O) groups excluding carboxylic acids is 3. The molecule has 3 heterocycles. The molecule has 4 rings (SSSR count). The number of amides is 3. The van der Waals surface area contributed by atoms with Crippen molar-refractivity contribution in [2.45, 2.75) is 56.1 Å². The second kappa shape index (κ2) is 12.8. The highest BCUT2D eigenvalue weighted by Gasteiger charge is 2.76. The molecule has 3 saturated heterocycles.